The third-order valence-corrected chi connectivity index (χ3v) is 1.87. The first kappa shape index (κ1) is 11.5. The molecule has 1 aliphatic rings. The zero-order valence-electron chi connectivity index (χ0n) is 6.49. The summed E-state index contributed by atoms with van der Waals surface area (Å²) in [6, 6.07) is -0.0938. The van der Waals surface area contributed by atoms with Gasteiger partial charge in [-0.25, -0.2) is 8.78 Å². The Morgan fingerprint density at radius 2 is 2.18 bits per heavy atom. The van der Waals surface area contributed by atoms with E-state index in [9.17, 15) is 8.78 Å². The number of hydrogen-bond donors (Lipinski definition) is 0. The van der Waals surface area contributed by atoms with E-state index in [2.05, 4.69) is 5.32 Å². The second-order valence-corrected chi connectivity index (χ2v) is 2.78. The van der Waals surface area contributed by atoms with Crippen molar-refractivity contribution in [1.82, 2.24) is 0 Å². The number of alkyl halides is 2. The van der Waals surface area contributed by atoms with Gasteiger partial charge in [0, 0.05) is 20.4 Å². The Hall–Kier alpha value is 0.482. The van der Waals surface area contributed by atoms with Crippen molar-refractivity contribution in [2.75, 3.05) is 6.54 Å². The van der Waals surface area contributed by atoms with Gasteiger partial charge in [0.05, 0.1) is 0 Å². The number of piperidine rings is 1. The molecule has 1 unspecified atom stereocenters. The molecule has 0 aromatic carbocycles. The maximum atomic E-state index is 12.6. The van der Waals surface area contributed by atoms with Crippen LogP contribution in [0.1, 0.15) is 26.2 Å². The molecule has 0 spiro atoms. The fourth-order valence-electron chi connectivity index (χ4n) is 1.20. The molecular weight excluding hydrogens is 322 g/mol. The molecule has 4 heteroatoms. The number of rotatable bonds is 1. The smallest absolute Gasteiger partial charge is 0.245 e. The summed E-state index contributed by atoms with van der Waals surface area (Å²) in [6.45, 7) is 2.24. The van der Waals surface area contributed by atoms with Gasteiger partial charge in [-0.2, -0.15) is 0 Å². The molecule has 0 aliphatic carbocycles. The van der Waals surface area contributed by atoms with Gasteiger partial charge in [0.25, 0.3) is 0 Å². The van der Waals surface area contributed by atoms with Crippen molar-refractivity contribution < 1.29 is 29.2 Å². The summed E-state index contributed by atoms with van der Waals surface area (Å²) in [4.78, 5) is 0. The van der Waals surface area contributed by atoms with Crippen LogP contribution >= 0.6 is 0 Å². The van der Waals surface area contributed by atoms with E-state index in [1.54, 1.807) is 0 Å². The molecule has 0 bridgehead atoms. The van der Waals surface area contributed by atoms with Gasteiger partial charge in [0.2, 0.25) is 5.92 Å². The first-order chi connectivity index (χ1) is 4.64. The second kappa shape index (κ2) is 4.49. The average Bonchev–Trinajstić information content (AvgIpc) is 1.86. The van der Waals surface area contributed by atoms with Crippen LogP contribution in [0.15, 0.2) is 0 Å². The molecule has 0 saturated carbocycles. The van der Waals surface area contributed by atoms with Crippen molar-refractivity contribution >= 4 is 0 Å². The first-order valence-electron chi connectivity index (χ1n) is 3.68. The molecule has 1 atom stereocenters. The van der Waals surface area contributed by atoms with Gasteiger partial charge in [-0.05, 0) is 12.8 Å². The first-order valence-corrected chi connectivity index (χ1v) is 3.68. The summed E-state index contributed by atoms with van der Waals surface area (Å²) in [5.41, 5.74) is 0. The molecule has 11 heavy (non-hydrogen) atoms. The van der Waals surface area contributed by atoms with E-state index in [4.69, 9.17) is 0 Å². The summed E-state index contributed by atoms with van der Waals surface area (Å²) in [7, 11) is 0. The summed E-state index contributed by atoms with van der Waals surface area (Å²) < 4.78 is 25.2. The topological polar surface area (TPSA) is 14.1 Å². The van der Waals surface area contributed by atoms with E-state index in [-0.39, 0.29) is 39.3 Å². The summed E-state index contributed by atoms with van der Waals surface area (Å²) in [5.74, 6) is -2.44. The quantitative estimate of drug-likeness (QED) is 0.700. The van der Waals surface area contributed by atoms with Crippen molar-refractivity contribution in [3.8, 4) is 0 Å². The molecule has 1 aliphatic heterocycles. The molecule has 1 rings (SSSR count). The SMILES string of the molecule is CCC1CC(F)(F)CC[N-]1.[Re]. The molecule has 1 fully saturated rings. The third-order valence-electron chi connectivity index (χ3n) is 1.87. The van der Waals surface area contributed by atoms with Crippen LogP contribution in [0.5, 0.6) is 0 Å². The van der Waals surface area contributed by atoms with Crippen LogP contribution in [-0.4, -0.2) is 18.5 Å². The molecule has 1 saturated heterocycles. The predicted molar refractivity (Wildman–Crippen MR) is 36.5 cm³/mol. The summed E-state index contributed by atoms with van der Waals surface area (Å²) in [6.07, 6.45) is 0.655. The van der Waals surface area contributed by atoms with Gasteiger partial charge in [-0.1, -0.05) is 13.3 Å². The van der Waals surface area contributed by atoms with Crippen LogP contribution in [0.25, 0.3) is 5.32 Å². The Labute approximate surface area is 79.6 Å². The molecule has 0 aromatic rings. The molecule has 1 heterocycles. The molecule has 1 nitrogen and oxygen atoms in total. The number of nitrogens with zero attached hydrogens (tertiary/aromatic N) is 1. The van der Waals surface area contributed by atoms with E-state index < -0.39 is 5.92 Å². The van der Waals surface area contributed by atoms with Crippen molar-refractivity contribution in [2.45, 2.75) is 38.2 Å². The van der Waals surface area contributed by atoms with Crippen LogP contribution in [0.2, 0.25) is 0 Å². The Balaban J connectivity index is 0.000001000. The Kier molecular flexibility index (Phi) is 4.69. The summed E-state index contributed by atoms with van der Waals surface area (Å²) in [5, 5.41) is 4.06. The maximum absolute atomic E-state index is 12.6. The van der Waals surface area contributed by atoms with Crippen molar-refractivity contribution in [1.29, 1.82) is 0 Å². The normalized spacial score (nSPS) is 29.2. The Morgan fingerprint density at radius 3 is 2.55 bits per heavy atom. The van der Waals surface area contributed by atoms with Crippen molar-refractivity contribution in [3.63, 3.8) is 0 Å². The van der Waals surface area contributed by atoms with E-state index in [1.807, 2.05) is 6.92 Å². The predicted octanol–water partition coefficient (Wildman–Crippen LogP) is 2.57. The third kappa shape index (κ3) is 3.60. The maximum Gasteiger partial charge on any atom is 0.245 e. The minimum atomic E-state index is -2.44. The molecule has 1 radical (unpaired) electrons. The van der Waals surface area contributed by atoms with Crippen LogP contribution in [0.3, 0.4) is 0 Å². The van der Waals surface area contributed by atoms with Crippen LogP contribution in [-0.2, 0) is 20.4 Å². The minimum Gasteiger partial charge on any atom is -0.659 e. The van der Waals surface area contributed by atoms with E-state index >= 15 is 0 Å². The van der Waals surface area contributed by atoms with Gasteiger partial charge in [0.15, 0.2) is 0 Å². The zero-order chi connectivity index (χ0) is 7.61. The number of hydrogen-bond acceptors (Lipinski definition) is 0. The fourth-order valence-corrected chi connectivity index (χ4v) is 1.20. The zero-order valence-corrected chi connectivity index (χ0v) is 9.20. The second-order valence-electron chi connectivity index (χ2n) is 2.78. The Morgan fingerprint density at radius 1 is 1.55 bits per heavy atom. The average molecular weight is 334 g/mol. The molecule has 0 amide bonds. The Bertz CT molecular complexity index is 119. The number of halogens is 2. The van der Waals surface area contributed by atoms with Gasteiger partial charge in [-0.3, -0.25) is 0 Å². The van der Waals surface area contributed by atoms with Crippen molar-refractivity contribution in [2.24, 2.45) is 0 Å². The molecule has 0 aromatic heterocycles. The van der Waals surface area contributed by atoms with Crippen LogP contribution in [0, 0.1) is 0 Å². The van der Waals surface area contributed by atoms with Gasteiger partial charge < -0.3 is 5.32 Å². The minimum absolute atomic E-state index is 0. The van der Waals surface area contributed by atoms with Crippen LogP contribution < -0.4 is 0 Å². The van der Waals surface area contributed by atoms with E-state index in [0.29, 0.717) is 6.54 Å². The monoisotopic (exact) mass is 335 g/mol. The van der Waals surface area contributed by atoms with Gasteiger partial charge >= 0.3 is 0 Å². The van der Waals surface area contributed by atoms with E-state index in [0.717, 1.165) is 6.42 Å². The summed E-state index contributed by atoms with van der Waals surface area (Å²) >= 11 is 0. The van der Waals surface area contributed by atoms with Crippen molar-refractivity contribution in [3.05, 3.63) is 5.32 Å². The fraction of sp³-hybridized carbons (Fsp3) is 1.00. The van der Waals surface area contributed by atoms with Crippen LogP contribution in [0.4, 0.5) is 8.78 Å². The van der Waals surface area contributed by atoms with Gasteiger partial charge in [-0.15, -0.1) is 12.6 Å². The van der Waals surface area contributed by atoms with E-state index in [1.165, 1.54) is 0 Å². The standard InChI is InChI=1S/C7H12F2N.Re/c1-2-6-5-7(8,9)3-4-10-6;/h6H,2-5H2,1H3;/q-1;. The molecular formula is C7H12F2NRe-. The largest absolute Gasteiger partial charge is 0.659 e. The molecule has 67 valence electrons. The van der Waals surface area contributed by atoms with Gasteiger partial charge in [0.1, 0.15) is 0 Å². The molecule has 0 N–H and O–H groups in total.